The maximum Gasteiger partial charge on any atom is 0.251 e. The first-order valence-corrected chi connectivity index (χ1v) is 9.33. The van der Waals surface area contributed by atoms with Crippen LogP contribution >= 0.6 is 23.6 Å². The molecule has 0 saturated carbocycles. The minimum atomic E-state index is -0.590. The van der Waals surface area contributed by atoms with Crippen molar-refractivity contribution in [2.24, 2.45) is 0 Å². The summed E-state index contributed by atoms with van der Waals surface area (Å²) in [7, 11) is 3.23. The summed E-state index contributed by atoms with van der Waals surface area (Å²) in [4.78, 5) is 29.3. The van der Waals surface area contributed by atoms with E-state index in [1.165, 1.54) is 4.90 Å². The third kappa shape index (κ3) is 3.86. The molecule has 1 N–H and O–H groups in total. The zero-order valence-electron chi connectivity index (χ0n) is 14.5. The van der Waals surface area contributed by atoms with Gasteiger partial charge in [-0.2, -0.15) is 0 Å². The lowest BCUT2D eigenvalue weighted by molar-refractivity contribution is -0.130. The molecule has 0 aliphatic carbocycles. The Hall–Kier alpha value is -2.45. The van der Waals surface area contributed by atoms with Gasteiger partial charge in [-0.25, -0.2) is 0 Å². The van der Waals surface area contributed by atoms with E-state index in [9.17, 15) is 9.59 Å². The molecule has 2 aromatic rings. The van der Waals surface area contributed by atoms with Crippen LogP contribution in [0.1, 0.15) is 11.3 Å². The Morgan fingerprint density at radius 2 is 2.04 bits per heavy atom. The van der Waals surface area contributed by atoms with Crippen LogP contribution in [0.4, 0.5) is 5.69 Å². The van der Waals surface area contributed by atoms with Crippen molar-refractivity contribution >= 4 is 46.2 Å². The Labute approximate surface area is 161 Å². The SMILES string of the molecule is COc1ccc(NC(=O)C[C@H]2C(=O)N(C)C(=S)N2Cc2cccs2)cc1. The Kier molecular flexibility index (Phi) is 5.53. The Bertz CT molecular complexity index is 806. The van der Waals surface area contributed by atoms with Gasteiger partial charge in [0.05, 0.1) is 20.1 Å². The fourth-order valence-electron chi connectivity index (χ4n) is 2.78. The van der Waals surface area contributed by atoms with Gasteiger partial charge in [0.15, 0.2) is 5.11 Å². The van der Waals surface area contributed by atoms with E-state index in [2.05, 4.69) is 5.32 Å². The average molecular weight is 390 g/mol. The number of thiophene rings is 1. The van der Waals surface area contributed by atoms with Crippen molar-refractivity contribution in [3.63, 3.8) is 0 Å². The molecule has 1 aromatic carbocycles. The number of nitrogens with one attached hydrogen (secondary N) is 1. The second kappa shape index (κ2) is 7.84. The van der Waals surface area contributed by atoms with E-state index in [0.29, 0.717) is 23.1 Å². The number of ether oxygens (including phenoxy) is 1. The maximum atomic E-state index is 12.5. The number of carbonyl (C=O) groups excluding carboxylic acids is 2. The van der Waals surface area contributed by atoms with E-state index in [-0.39, 0.29) is 18.2 Å². The second-order valence-corrected chi connectivity index (χ2v) is 7.28. The number of amides is 2. The first-order chi connectivity index (χ1) is 12.5. The van der Waals surface area contributed by atoms with E-state index >= 15 is 0 Å². The van der Waals surface area contributed by atoms with Gasteiger partial charge in [0, 0.05) is 17.6 Å². The number of benzene rings is 1. The smallest absolute Gasteiger partial charge is 0.251 e. The summed E-state index contributed by atoms with van der Waals surface area (Å²) in [5, 5.41) is 5.24. The van der Waals surface area contributed by atoms with E-state index in [1.807, 2.05) is 22.4 Å². The van der Waals surface area contributed by atoms with Crippen LogP contribution in [-0.4, -0.2) is 46.9 Å². The van der Waals surface area contributed by atoms with E-state index in [4.69, 9.17) is 17.0 Å². The van der Waals surface area contributed by atoms with Gasteiger partial charge in [0.2, 0.25) is 5.91 Å². The normalized spacial score (nSPS) is 16.9. The predicted octanol–water partition coefficient (Wildman–Crippen LogP) is 2.71. The molecule has 2 heterocycles. The van der Waals surface area contributed by atoms with Crippen LogP contribution in [0.2, 0.25) is 0 Å². The summed E-state index contributed by atoms with van der Waals surface area (Å²) in [6.45, 7) is 0.521. The molecule has 0 radical (unpaired) electrons. The molecule has 0 bridgehead atoms. The Morgan fingerprint density at radius 1 is 1.31 bits per heavy atom. The van der Waals surface area contributed by atoms with Gasteiger partial charge in [-0.15, -0.1) is 11.3 Å². The van der Waals surface area contributed by atoms with Crippen molar-refractivity contribution in [2.75, 3.05) is 19.5 Å². The molecule has 3 rings (SSSR count). The van der Waals surface area contributed by atoms with E-state index in [0.717, 1.165) is 4.88 Å². The van der Waals surface area contributed by atoms with Gasteiger partial charge in [0.25, 0.3) is 5.91 Å². The summed E-state index contributed by atoms with van der Waals surface area (Å²) < 4.78 is 5.10. The lowest BCUT2D eigenvalue weighted by Gasteiger charge is -2.22. The largest absolute Gasteiger partial charge is 0.497 e. The standard InChI is InChI=1S/C18H19N3O3S2/c1-20-17(23)15(21(18(20)25)11-14-4-3-9-26-14)10-16(22)19-12-5-7-13(24-2)8-6-12/h3-9,15H,10-11H2,1-2H3,(H,19,22)/t15-/m0/s1. The maximum absolute atomic E-state index is 12.5. The number of likely N-dealkylation sites (N-methyl/N-ethyl adjacent to an activating group) is 1. The fourth-order valence-corrected chi connectivity index (χ4v) is 3.77. The lowest BCUT2D eigenvalue weighted by atomic mass is 10.1. The highest BCUT2D eigenvalue weighted by Crippen LogP contribution is 2.24. The number of rotatable bonds is 6. The fraction of sp³-hybridized carbons (Fsp3) is 0.278. The van der Waals surface area contributed by atoms with Crippen LogP contribution < -0.4 is 10.1 Å². The van der Waals surface area contributed by atoms with Gasteiger partial charge in [0.1, 0.15) is 11.8 Å². The van der Waals surface area contributed by atoms with Gasteiger partial charge in [-0.1, -0.05) is 6.07 Å². The van der Waals surface area contributed by atoms with Crippen LogP contribution in [0.25, 0.3) is 0 Å². The summed E-state index contributed by atoms with van der Waals surface area (Å²) in [6, 6.07) is 10.4. The number of carbonyl (C=O) groups is 2. The molecule has 0 spiro atoms. The highest BCUT2D eigenvalue weighted by molar-refractivity contribution is 7.80. The van der Waals surface area contributed by atoms with Gasteiger partial charge in [-0.3, -0.25) is 14.5 Å². The number of anilines is 1. The molecule has 1 fully saturated rings. The van der Waals surface area contributed by atoms with Gasteiger partial charge < -0.3 is 15.0 Å². The highest BCUT2D eigenvalue weighted by atomic mass is 32.1. The minimum absolute atomic E-state index is 0.0424. The van der Waals surface area contributed by atoms with Gasteiger partial charge in [-0.05, 0) is 47.9 Å². The molecule has 0 unspecified atom stereocenters. The molecule has 1 aromatic heterocycles. The van der Waals surface area contributed by atoms with Crippen LogP contribution in [-0.2, 0) is 16.1 Å². The molecule has 8 heteroatoms. The number of nitrogens with zero attached hydrogens (tertiary/aromatic N) is 2. The molecule has 1 aliphatic heterocycles. The van der Waals surface area contributed by atoms with E-state index in [1.54, 1.807) is 49.8 Å². The molecule has 1 atom stereocenters. The van der Waals surface area contributed by atoms with E-state index < -0.39 is 6.04 Å². The molecular weight excluding hydrogens is 370 g/mol. The molecule has 1 aliphatic rings. The van der Waals surface area contributed by atoms with Crippen molar-refractivity contribution in [1.82, 2.24) is 9.80 Å². The van der Waals surface area contributed by atoms with Crippen molar-refractivity contribution in [1.29, 1.82) is 0 Å². The summed E-state index contributed by atoms with van der Waals surface area (Å²) in [5.41, 5.74) is 0.655. The van der Waals surface area contributed by atoms with Crippen molar-refractivity contribution in [3.8, 4) is 5.75 Å². The minimum Gasteiger partial charge on any atom is -0.497 e. The van der Waals surface area contributed by atoms with Crippen LogP contribution in [0.3, 0.4) is 0 Å². The van der Waals surface area contributed by atoms with Crippen LogP contribution in [0.5, 0.6) is 5.75 Å². The summed E-state index contributed by atoms with van der Waals surface area (Å²) in [5.74, 6) is 0.322. The molecule has 2 amide bonds. The third-order valence-corrected chi connectivity index (χ3v) is 5.55. The van der Waals surface area contributed by atoms with Gasteiger partial charge >= 0.3 is 0 Å². The second-order valence-electron chi connectivity index (χ2n) is 5.88. The number of thiocarbonyl (C=S) groups is 1. The topological polar surface area (TPSA) is 61.9 Å². The van der Waals surface area contributed by atoms with Crippen molar-refractivity contribution < 1.29 is 14.3 Å². The zero-order valence-corrected chi connectivity index (χ0v) is 16.1. The first-order valence-electron chi connectivity index (χ1n) is 8.04. The zero-order chi connectivity index (χ0) is 18.7. The average Bonchev–Trinajstić information content (AvgIpc) is 3.22. The third-order valence-electron chi connectivity index (χ3n) is 4.18. The van der Waals surface area contributed by atoms with Crippen LogP contribution in [0.15, 0.2) is 41.8 Å². The molecule has 26 heavy (non-hydrogen) atoms. The molecule has 136 valence electrons. The predicted molar refractivity (Wildman–Crippen MR) is 105 cm³/mol. The lowest BCUT2D eigenvalue weighted by Crippen LogP contribution is -2.37. The number of hydrogen-bond donors (Lipinski definition) is 1. The van der Waals surface area contributed by atoms with Crippen molar-refractivity contribution in [2.45, 2.75) is 19.0 Å². The monoisotopic (exact) mass is 389 g/mol. The Morgan fingerprint density at radius 3 is 2.65 bits per heavy atom. The summed E-state index contributed by atoms with van der Waals surface area (Å²) >= 11 is 6.99. The number of hydrogen-bond acceptors (Lipinski definition) is 5. The quantitative estimate of drug-likeness (QED) is 0.770. The van der Waals surface area contributed by atoms with Crippen LogP contribution in [0, 0.1) is 0 Å². The molecule has 6 nitrogen and oxygen atoms in total. The Balaban J connectivity index is 1.69. The van der Waals surface area contributed by atoms with Crippen molar-refractivity contribution in [3.05, 3.63) is 46.7 Å². The molecule has 1 saturated heterocycles. The summed E-state index contributed by atoms with van der Waals surface area (Å²) in [6.07, 6.45) is 0.0424. The highest BCUT2D eigenvalue weighted by Gasteiger charge is 2.41. The number of methoxy groups -OCH3 is 1. The first kappa shape index (κ1) is 18.3. The molecular formula is C18H19N3O3S2.